The number of fused-ring (bicyclic) bond motifs is 1. The Labute approximate surface area is 173 Å². The summed E-state index contributed by atoms with van der Waals surface area (Å²) in [7, 11) is 0. The zero-order valence-electron chi connectivity index (χ0n) is 16.9. The zero-order valence-corrected chi connectivity index (χ0v) is 16.9. The maximum atomic E-state index is 12.7. The van der Waals surface area contributed by atoms with Crippen molar-refractivity contribution in [1.82, 2.24) is 4.90 Å². The summed E-state index contributed by atoms with van der Waals surface area (Å²) in [4.78, 5) is 40.4. The van der Waals surface area contributed by atoms with Crippen LogP contribution in [0.15, 0.2) is 63.8 Å². The van der Waals surface area contributed by atoms with E-state index in [0.29, 0.717) is 30.0 Å². The third kappa shape index (κ3) is 3.91. The molecule has 0 saturated carbocycles. The molecule has 0 aliphatic carbocycles. The van der Waals surface area contributed by atoms with E-state index in [0.717, 1.165) is 5.69 Å². The van der Waals surface area contributed by atoms with Crippen LogP contribution in [0.4, 0.5) is 16.2 Å². The summed E-state index contributed by atoms with van der Waals surface area (Å²) < 4.78 is 5.23. The van der Waals surface area contributed by atoms with Gasteiger partial charge in [-0.1, -0.05) is 44.2 Å². The number of hydrogen-bond donors (Lipinski definition) is 1. The maximum Gasteiger partial charge on any atom is 0.360 e. The smallest absolute Gasteiger partial charge is 0.360 e. The van der Waals surface area contributed by atoms with Crippen molar-refractivity contribution in [3.05, 3.63) is 70.6 Å². The highest BCUT2D eigenvalue weighted by Gasteiger charge is 2.31. The molecular formula is C23H23N3O4. The van der Waals surface area contributed by atoms with E-state index in [1.807, 2.05) is 30.3 Å². The first-order valence-corrected chi connectivity index (χ1v) is 9.91. The molecule has 0 spiro atoms. The number of urea groups is 1. The molecule has 2 heterocycles. The van der Waals surface area contributed by atoms with Crippen LogP contribution < -0.4 is 15.8 Å². The second kappa shape index (κ2) is 8.02. The molecule has 4 rings (SSSR count). The van der Waals surface area contributed by atoms with Gasteiger partial charge in [0.1, 0.15) is 17.8 Å². The van der Waals surface area contributed by atoms with E-state index >= 15 is 0 Å². The number of amides is 3. The van der Waals surface area contributed by atoms with Crippen LogP contribution in [-0.2, 0) is 4.79 Å². The van der Waals surface area contributed by atoms with Gasteiger partial charge in [-0.15, -0.1) is 0 Å². The lowest BCUT2D eigenvalue weighted by Crippen LogP contribution is -2.37. The SMILES string of the molecule is CC(C)c1ccc(N2CCN(CC(=O)Nc3cc4ccccc4oc3=O)C2=O)cc1. The van der Waals surface area contributed by atoms with Gasteiger partial charge in [0.2, 0.25) is 5.91 Å². The van der Waals surface area contributed by atoms with Crippen molar-refractivity contribution < 1.29 is 14.0 Å². The average molecular weight is 405 g/mol. The van der Waals surface area contributed by atoms with Crippen molar-refractivity contribution in [2.45, 2.75) is 19.8 Å². The highest BCUT2D eigenvalue weighted by atomic mass is 16.4. The first-order valence-electron chi connectivity index (χ1n) is 9.91. The minimum Gasteiger partial charge on any atom is -0.421 e. The summed E-state index contributed by atoms with van der Waals surface area (Å²) in [5.41, 5.74) is 1.90. The Morgan fingerprint density at radius 1 is 1.07 bits per heavy atom. The summed E-state index contributed by atoms with van der Waals surface area (Å²) in [6.07, 6.45) is 0. The number of rotatable bonds is 5. The van der Waals surface area contributed by atoms with E-state index in [1.54, 1.807) is 29.2 Å². The molecule has 1 N–H and O–H groups in total. The Balaban J connectivity index is 1.42. The number of benzene rings is 2. The summed E-state index contributed by atoms with van der Waals surface area (Å²) >= 11 is 0. The first-order chi connectivity index (χ1) is 14.4. The molecule has 7 heteroatoms. The van der Waals surface area contributed by atoms with Crippen molar-refractivity contribution >= 4 is 34.3 Å². The lowest BCUT2D eigenvalue weighted by molar-refractivity contribution is -0.116. The molecule has 0 unspecified atom stereocenters. The van der Waals surface area contributed by atoms with E-state index in [1.165, 1.54) is 10.5 Å². The van der Waals surface area contributed by atoms with E-state index in [-0.39, 0.29) is 18.3 Å². The topological polar surface area (TPSA) is 82.9 Å². The lowest BCUT2D eigenvalue weighted by atomic mass is 10.0. The van der Waals surface area contributed by atoms with Crippen molar-refractivity contribution in [2.24, 2.45) is 0 Å². The van der Waals surface area contributed by atoms with E-state index < -0.39 is 11.5 Å². The van der Waals surface area contributed by atoms with Gasteiger partial charge >= 0.3 is 11.7 Å². The summed E-state index contributed by atoms with van der Waals surface area (Å²) in [5.74, 6) is -0.0239. The monoisotopic (exact) mass is 405 g/mol. The van der Waals surface area contributed by atoms with Crippen molar-refractivity contribution in [1.29, 1.82) is 0 Å². The zero-order chi connectivity index (χ0) is 21.3. The predicted molar refractivity (Wildman–Crippen MR) is 116 cm³/mol. The van der Waals surface area contributed by atoms with E-state index in [9.17, 15) is 14.4 Å². The van der Waals surface area contributed by atoms with Crippen LogP contribution in [0.5, 0.6) is 0 Å². The highest BCUT2D eigenvalue weighted by molar-refractivity contribution is 5.99. The van der Waals surface area contributed by atoms with E-state index in [4.69, 9.17) is 4.42 Å². The molecule has 30 heavy (non-hydrogen) atoms. The fourth-order valence-electron chi connectivity index (χ4n) is 3.52. The third-order valence-corrected chi connectivity index (χ3v) is 5.22. The first kappa shape index (κ1) is 19.7. The molecule has 7 nitrogen and oxygen atoms in total. The standard InChI is InChI=1S/C23H23N3O4/c1-15(2)16-7-9-18(10-8-16)26-12-11-25(23(26)29)14-21(27)24-19-13-17-5-3-4-6-20(17)30-22(19)28/h3-10,13,15H,11-12,14H2,1-2H3,(H,24,27). The molecule has 1 fully saturated rings. The number of para-hydroxylation sites is 1. The number of anilines is 2. The fourth-order valence-corrected chi connectivity index (χ4v) is 3.52. The number of hydrogen-bond acceptors (Lipinski definition) is 4. The van der Waals surface area contributed by atoms with Crippen LogP contribution in [0.25, 0.3) is 11.0 Å². The summed E-state index contributed by atoms with van der Waals surface area (Å²) in [5, 5.41) is 3.28. The third-order valence-electron chi connectivity index (χ3n) is 5.22. The number of nitrogens with zero attached hydrogens (tertiary/aromatic N) is 2. The molecule has 2 aromatic carbocycles. The Bertz CT molecular complexity index is 1150. The fraction of sp³-hybridized carbons (Fsp3) is 0.261. The molecule has 1 aliphatic rings. The summed E-state index contributed by atoms with van der Waals surface area (Å²) in [6, 6.07) is 16.3. The Morgan fingerprint density at radius 2 is 1.80 bits per heavy atom. The molecule has 3 aromatic rings. The van der Waals surface area contributed by atoms with Crippen molar-refractivity contribution in [3.8, 4) is 0 Å². The van der Waals surface area contributed by atoms with E-state index in [2.05, 4.69) is 19.2 Å². The lowest BCUT2D eigenvalue weighted by Gasteiger charge is -2.19. The number of carbonyl (C=O) groups excluding carboxylic acids is 2. The minimum atomic E-state index is -0.623. The van der Waals surface area contributed by atoms with Crippen molar-refractivity contribution in [3.63, 3.8) is 0 Å². The maximum absolute atomic E-state index is 12.7. The molecular weight excluding hydrogens is 382 g/mol. The average Bonchev–Trinajstić information content (AvgIpc) is 3.08. The predicted octanol–water partition coefficient (Wildman–Crippen LogP) is 3.80. The van der Waals surface area contributed by atoms with Crippen LogP contribution in [0.1, 0.15) is 25.3 Å². The largest absolute Gasteiger partial charge is 0.421 e. The molecule has 0 radical (unpaired) electrons. The Hall–Kier alpha value is -3.61. The van der Waals surface area contributed by atoms with Gasteiger partial charge in [-0.2, -0.15) is 0 Å². The number of carbonyl (C=O) groups is 2. The summed E-state index contributed by atoms with van der Waals surface area (Å²) in [6.45, 7) is 5.04. The van der Waals surface area contributed by atoms with Gasteiger partial charge < -0.3 is 14.6 Å². The van der Waals surface area contributed by atoms with Gasteiger partial charge in [0.15, 0.2) is 0 Å². The molecule has 1 aliphatic heterocycles. The number of nitrogens with one attached hydrogen (secondary N) is 1. The van der Waals surface area contributed by atoms with Gasteiger partial charge in [0.25, 0.3) is 0 Å². The van der Waals surface area contributed by atoms with Crippen LogP contribution in [-0.4, -0.2) is 36.5 Å². The Morgan fingerprint density at radius 3 is 2.53 bits per heavy atom. The minimum absolute atomic E-state index is 0.0616. The van der Waals surface area contributed by atoms with Gasteiger partial charge in [-0.05, 0) is 35.7 Å². The molecule has 0 bridgehead atoms. The molecule has 1 saturated heterocycles. The molecule has 1 aromatic heterocycles. The molecule has 0 atom stereocenters. The molecule has 3 amide bonds. The van der Waals surface area contributed by atoms with Gasteiger partial charge in [-0.3, -0.25) is 9.69 Å². The van der Waals surface area contributed by atoms with Crippen LogP contribution in [0.3, 0.4) is 0 Å². The second-order valence-corrected chi connectivity index (χ2v) is 7.64. The second-order valence-electron chi connectivity index (χ2n) is 7.64. The van der Waals surface area contributed by atoms with Gasteiger partial charge in [0, 0.05) is 24.2 Å². The van der Waals surface area contributed by atoms with Crippen LogP contribution in [0, 0.1) is 0 Å². The Kier molecular flexibility index (Phi) is 5.27. The van der Waals surface area contributed by atoms with Gasteiger partial charge in [-0.25, -0.2) is 9.59 Å². The quantitative estimate of drug-likeness (QED) is 0.655. The molecule has 154 valence electrons. The normalized spacial score (nSPS) is 14.0. The van der Waals surface area contributed by atoms with Crippen LogP contribution in [0.2, 0.25) is 0 Å². The van der Waals surface area contributed by atoms with Crippen LogP contribution >= 0.6 is 0 Å². The van der Waals surface area contributed by atoms with Crippen molar-refractivity contribution in [2.75, 3.05) is 29.9 Å². The highest BCUT2D eigenvalue weighted by Crippen LogP contribution is 2.23. The van der Waals surface area contributed by atoms with Gasteiger partial charge in [0.05, 0.1) is 0 Å².